The summed E-state index contributed by atoms with van der Waals surface area (Å²) in [5.74, 6) is 0.682. The first-order valence-electron chi connectivity index (χ1n) is 5.22. The minimum atomic E-state index is 0.682. The van der Waals surface area contributed by atoms with E-state index >= 15 is 0 Å². The molecule has 76 valence electrons. The van der Waals surface area contributed by atoms with Crippen molar-refractivity contribution < 1.29 is 0 Å². The van der Waals surface area contributed by atoms with Gasteiger partial charge in [-0.05, 0) is 25.0 Å². The van der Waals surface area contributed by atoms with E-state index in [9.17, 15) is 0 Å². The van der Waals surface area contributed by atoms with Crippen LogP contribution in [-0.4, -0.2) is 13.6 Å². The van der Waals surface area contributed by atoms with Crippen molar-refractivity contribution in [2.24, 2.45) is 5.92 Å². The average Bonchev–Trinajstić information content (AvgIpc) is 2.14. The number of rotatable bonds is 7. The first kappa shape index (κ1) is 12.4. The molecule has 0 aliphatic heterocycles. The van der Waals surface area contributed by atoms with Gasteiger partial charge in [0.1, 0.15) is 0 Å². The van der Waals surface area contributed by atoms with Gasteiger partial charge in [-0.2, -0.15) is 0 Å². The van der Waals surface area contributed by atoms with Gasteiger partial charge in [0.15, 0.2) is 0 Å². The van der Waals surface area contributed by atoms with Crippen LogP contribution < -0.4 is 5.32 Å². The molecule has 0 saturated carbocycles. The Balaban J connectivity index is 3.91. The summed E-state index contributed by atoms with van der Waals surface area (Å²) in [6.07, 6.45) is 8.16. The molecule has 0 aromatic rings. The van der Waals surface area contributed by atoms with Crippen molar-refractivity contribution in [1.82, 2.24) is 5.32 Å². The van der Waals surface area contributed by atoms with Crippen molar-refractivity contribution in [1.29, 1.82) is 0 Å². The summed E-state index contributed by atoms with van der Waals surface area (Å²) in [6.45, 7) is 9.24. The van der Waals surface area contributed by atoms with Gasteiger partial charge in [-0.1, -0.05) is 45.4 Å². The molecule has 0 aliphatic carbocycles. The first-order valence-corrected chi connectivity index (χ1v) is 5.22. The van der Waals surface area contributed by atoms with Crippen molar-refractivity contribution in [2.45, 2.75) is 33.1 Å². The van der Waals surface area contributed by atoms with Crippen LogP contribution in [0.5, 0.6) is 0 Å². The molecule has 0 radical (unpaired) electrons. The summed E-state index contributed by atoms with van der Waals surface area (Å²) in [6, 6.07) is 0. The molecule has 0 aliphatic rings. The Morgan fingerprint density at radius 2 is 2.23 bits per heavy atom. The van der Waals surface area contributed by atoms with Crippen LogP contribution in [0.15, 0.2) is 24.3 Å². The number of likely N-dealkylation sites (N-methyl/N-ethyl adjacent to an activating group) is 1. The second kappa shape index (κ2) is 8.06. The maximum atomic E-state index is 3.80. The van der Waals surface area contributed by atoms with Crippen molar-refractivity contribution in [3.05, 3.63) is 24.3 Å². The first-order chi connectivity index (χ1) is 6.24. The lowest BCUT2D eigenvalue weighted by Gasteiger charge is -2.07. The fraction of sp³-hybridized carbons (Fsp3) is 0.667. The Hall–Kier alpha value is -0.560. The highest BCUT2D eigenvalue weighted by atomic mass is 14.8. The molecule has 0 bridgehead atoms. The smallest absolute Gasteiger partial charge is 0.0199 e. The average molecular weight is 181 g/mol. The molecule has 1 nitrogen and oxygen atoms in total. The van der Waals surface area contributed by atoms with E-state index in [1.54, 1.807) is 0 Å². The van der Waals surface area contributed by atoms with Crippen molar-refractivity contribution in [3.8, 4) is 0 Å². The summed E-state index contributed by atoms with van der Waals surface area (Å²) in [4.78, 5) is 0. The van der Waals surface area contributed by atoms with E-state index in [2.05, 4.69) is 31.8 Å². The molecule has 1 atom stereocenters. The second-order valence-corrected chi connectivity index (χ2v) is 3.60. The summed E-state index contributed by atoms with van der Waals surface area (Å²) in [5, 5.41) is 3.14. The molecule has 1 N–H and O–H groups in total. The quantitative estimate of drug-likeness (QED) is 0.595. The van der Waals surface area contributed by atoms with E-state index in [-0.39, 0.29) is 0 Å². The summed E-state index contributed by atoms with van der Waals surface area (Å²) >= 11 is 0. The van der Waals surface area contributed by atoms with Crippen LogP contribution in [0.3, 0.4) is 0 Å². The SMILES string of the molecule is C=C/C(=C\[C@@H](C)CCCC)CNC. The minimum Gasteiger partial charge on any atom is -0.316 e. The summed E-state index contributed by atoms with van der Waals surface area (Å²) in [7, 11) is 1.97. The molecule has 0 fully saturated rings. The van der Waals surface area contributed by atoms with Crippen molar-refractivity contribution in [3.63, 3.8) is 0 Å². The van der Waals surface area contributed by atoms with Gasteiger partial charge >= 0.3 is 0 Å². The van der Waals surface area contributed by atoms with E-state index in [1.165, 1.54) is 24.8 Å². The number of nitrogens with one attached hydrogen (secondary N) is 1. The molecule has 0 heterocycles. The Bertz CT molecular complexity index is 159. The molecule has 0 saturated heterocycles. The zero-order chi connectivity index (χ0) is 10.1. The maximum absolute atomic E-state index is 3.80. The topological polar surface area (TPSA) is 12.0 Å². The zero-order valence-electron chi connectivity index (χ0n) is 9.27. The summed E-state index contributed by atoms with van der Waals surface area (Å²) < 4.78 is 0. The normalized spacial score (nSPS) is 14.2. The van der Waals surface area contributed by atoms with E-state index < -0.39 is 0 Å². The van der Waals surface area contributed by atoms with Gasteiger partial charge in [0.2, 0.25) is 0 Å². The predicted octanol–water partition coefficient (Wildman–Crippen LogP) is 3.14. The van der Waals surface area contributed by atoms with Crippen LogP contribution in [0, 0.1) is 5.92 Å². The summed E-state index contributed by atoms with van der Waals surface area (Å²) in [5.41, 5.74) is 1.31. The Labute approximate surface area is 82.9 Å². The zero-order valence-corrected chi connectivity index (χ0v) is 9.27. The van der Waals surface area contributed by atoms with Gasteiger partial charge in [0.05, 0.1) is 0 Å². The standard InChI is InChI=1S/C12H23N/c1-5-7-8-11(3)9-12(6-2)10-13-4/h6,9,11,13H,2,5,7-8,10H2,1,3-4H3/b12-9+/t11-/m0/s1. The maximum Gasteiger partial charge on any atom is 0.0199 e. The van der Waals surface area contributed by atoms with Crippen molar-refractivity contribution in [2.75, 3.05) is 13.6 Å². The second-order valence-electron chi connectivity index (χ2n) is 3.60. The molecule has 0 spiro atoms. The number of unbranched alkanes of at least 4 members (excludes halogenated alkanes) is 1. The molecule has 0 unspecified atom stereocenters. The molecule has 0 aromatic carbocycles. The fourth-order valence-electron chi connectivity index (χ4n) is 1.38. The lowest BCUT2D eigenvalue weighted by atomic mass is 10.0. The third-order valence-corrected chi connectivity index (χ3v) is 2.15. The van der Waals surface area contributed by atoms with Gasteiger partial charge in [0.25, 0.3) is 0 Å². The Morgan fingerprint density at radius 1 is 1.54 bits per heavy atom. The number of hydrogen-bond acceptors (Lipinski definition) is 1. The molecule has 0 aromatic heterocycles. The molecule has 13 heavy (non-hydrogen) atoms. The van der Waals surface area contributed by atoms with Crippen LogP contribution in [0.4, 0.5) is 0 Å². The third-order valence-electron chi connectivity index (χ3n) is 2.15. The van der Waals surface area contributed by atoms with E-state index in [0.717, 1.165) is 6.54 Å². The van der Waals surface area contributed by atoms with E-state index in [4.69, 9.17) is 0 Å². The molecular formula is C12H23N. The fourth-order valence-corrected chi connectivity index (χ4v) is 1.38. The lowest BCUT2D eigenvalue weighted by Crippen LogP contribution is -2.10. The van der Waals surface area contributed by atoms with Crippen LogP contribution in [-0.2, 0) is 0 Å². The van der Waals surface area contributed by atoms with Gasteiger partial charge in [-0.3, -0.25) is 0 Å². The lowest BCUT2D eigenvalue weighted by molar-refractivity contribution is 0.594. The van der Waals surface area contributed by atoms with Gasteiger partial charge in [-0.15, -0.1) is 0 Å². The van der Waals surface area contributed by atoms with Crippen LogP contribution in [0.25, 0.3) is 0 Å². The van der Waals surface area contributed by atoms with Crippen LogP contribution >= 0.6 is 0 Å². The van der Waals surface area contributed by atoms with Crippen molar-refractivity contribution >= 4 is 0 Å². The van der Waals surface area contributed by atoms with Gasteiger partial charge < -0.3 is 5.32 Å². The largest absolute Gasteiger partial charge is 0.316 e. The molecule has 0 rings (SSSR count). The molecular weight excluding hydrogens is 158 g/mol. The van der Waals surface area contributed by atoms with Gasteiger partial charge in [-0.25, -0.2) is 0 Å². The third kappa shape index (κ3) is 6.59. The number of allylic oxidation sites excluding steroid dienone is 1. The van der Waals surface area contributed by atoms with E-state index in [0.29, 0.717) is 5.92 Å². The Morgan fingerprint density at radius 3 is 2.69 bits per heavy atom. The van der Waals surface area contributed by atoms with Crippen LogP contribution in [0.2, 0.25) is 0 Å². The van der Waals surface area contributed by atoms with E-state index in [1.807, 2.05) is 13.1 Å². The van der Waals surface area contributed by atoms with Crippen LogP contribution in [0.1, 0.15) is 33.1 Å². The highest BCUT2D eigenvalue weighted by molar-refractivity contribution is 5.18. The van der Waals surface area contributed by atoms with Gasteiger partial charge in [0, 0.05) is 6.54 Å². The minimum absolute atomic E-state index is 0.682. The highest BCUT2D eigenvalue weighted by Crippen LogP contribution is 2.11. The Kier molecular flexibility index (Phi) is 7.71. The monoisotopic (exact) mass is 181 g/mol. The highest BCUT2D eigenvalue weighted by Gasteiger charge is 1.98. The predicted molar refractivity (Wildman–Crippen MR) is 60.9 cm³/mol. The molecule has 0 amide bonds. The number of hydrogen-bond donors (Lipinski definition) is 1. The molecule has 1 heteroatoms.